The van der Waals surface area contributed by atoms with Crippen LogP contribution in [0.1, 0.15) is 30.1 Å². The number of halogens is 1. The normalized spacial score (nSPS) is 13.7. The lowest BCUT2D eigenvalue weighted by molar-refractivity contribution is -0.137. The molecular formula is C28H33ClN6O4. The van der Waals surface area contributed by atoms with Crippen molar-refractivity contribution in [3.8, 4) is 5.75 Å². The highest BCUT2D eigenvalue weighted by Gasteiger charge is 2.23. The predicted octanol–water partition coefficient (Wildman–Crippen LogP) is 4.90. The number of para-hydroxylation sites is 1. The fourth-order valence-corrected chi connectivity index (χ4v) is 4.62. The number of esters is 1. The molecule has 0 amide bonds. The van der Waals surface area contributed by atoms with Gasteiger partial charge in [-0.3, -0.25) is 4.79 Å². The minimum absolute atomic E-state index is 0.104. The summed E-state index contributed by atoms with van der Waals surface area (Å²) in [6, 6.07) is 13.2. The van der Waals surface area contributed by atoms with Gasteiger partial charge in [-0.05, 0) is 58.1 Å². The number of nitrogens with one attached hydrogen (secondary N) is 2. The van der Waals surface area contributed by atoms with Crippen LogP contribution in [0.4, 0.5) is 28.8 Å². The summed E-state index contributed by atoms with van der Waals surface area (Å²) in [5.41, 5.74) is 2.29. The monoisotopic (exact) mass is 552 g/mol. The molecule has 0 aliphatic carbocycles. The number of piperidine rings is 1. The molecule has 1 aliphatic heterocycles. The molecular weight excluding hydrogens is 520 g/mol. The first-order valence-electron chi connectivity index (χ1n) is 12.8. The fraction of sp³-hybridized carbons (Fsp3) is 0.357. The van der Waals surface area contributed by atoms with E-state index in [9.17, 15) is 9.59 Å². The Bertz CT molecular complexity index is 1330. The Morgan fingerprint density at radius 2 is 1.85 bits per heavy atom. The minimum Gasteiger partial charge on any atom is -0.494 e. The average molecular weight is 553 g/mol. The number of anilines is 5. The third kappa shape index (κ3) is 6.76. The SMILES string of the molecule is CCOC(=O)C(=O)c1ccccc1Nc1nc(Nc2ccc(N3CCC(N(C)C)CC3)cc2OC)ncc1Cl. The number of Topliss-reactive ketones (excluding diaryl/α,β-unsaturated/α-hetero) is 1. The molecule has 1 aliphatic rings. The zero-order chi connectivity index (χ0) is 27.9. The van der Waals surface area contributed by atoms with E-state index >= 15 is 0 Å². The van der Waals surface area contributed by atoms with E-state index in [2.05, 4.69) is 44.5 Å². The van der Waals surface area contributed by atoms with E-state index in [1.165, 1.54) is 12.3 Å². The van der Waals surface area contributed by atoms with Crippen LogP contribution in [0.15, 0.2) is 48.7 Å². The van der Waals surface area contributed by atoms with Crippen LogP contribution >= 0.6 is 11.6 Å². The smallest absolute Gasteiger partial charge is 0.379 e. The summed E-state index contributed by atoms with van der Waals surface area (Å²) >= 11 is 6.36. The molecule has 2 heterocycles. The first-order valence-corrected chi connectivity index (χ1v) is 13.1. The van der Waals surface area contributed by atoms with E-state index < -0.39 is 11.8 Å². The summed E-state index contributed by atoms with van der Waals surface area (Å²) in [6.45, 7) is 3.70. The lowest BCUT2D eigenvalue weighted by Crippen LogP contribution is -2.41. The highest BCUT2D eigenvalue weighted by molar-refractivity contribution is 6.42. The van der Waals surface area contributed by atoms with Crippen LogP contribution in [-0.2, 0) is 9.53 Å². The molecule has 0 atom stereocenters. The van der Waals surface area contributed by atoms with E-state index in [1.807, 2.05) is 18.2 Å². The molecule has 0 saturated carbocycles. The van der Waals surface area contributed by atoms with Crippen LogP contribution in [0.3, 0.4) is 0 Å². The number of methoxy groups -OCH3 is 1. The Hall–Kier alpha value is -3.89. The fourth-order valence-electron chi connectivity index (χ4n) is 4.48. The third-order valence-corrected chi connectivity index (χ3v) is 6.90. The number of carbonyl (C=O) groups excluding carboxylic acids is 2. The van der Waals surface area contributed by atoms with Crippen molar-refractivity contribution in [2.75, 3.05) is 56.4 Å². The summed E-state index contributed by atoms with van der Waals surface area (Å²) in [4.78, 5) is 38.0. The predicted molar refractivity (Wildman–Crippen MR) is 153 cm³/mol. The van der Waals surface area contributed by atoms with Crippen molar-refractivity contribution >= 4 is 52.2 Å². The number of hydrogen-bond acceptors (Lipinski definition) is 10. The molecule has 1 saturated heterocycles. The molecule has 39 heavy (non-hydrogen) atoms. The van der Waals surface area contributed by atoms with Crippen LogP contribution in [0.2, 0.25) is 5.02 Å². The molecule has 0 bridgehead atoms. The highest BCUT2D eigenvalue weighted by atomic mass is 35.5. The van der Waals surface area contributed by atoms with Gasteiger partial charge in [-0.2, -0.15) is 4.98 Å². The minimum atomic E-state index is -0.930. The van der Waals surface area contributed by atoms with Gasteiger partial charge < -0.3 is 29.9 Å². The maximum atomic E-state index is 12.6. The Balaban J connectivity index is 1.52. The molecule has 2 N–H and O–H groups in total. The summed E-state index contributed by atoms with van der Waals surface area (Å²) in [5, 5.41) is 6.47. The molecule has 4 rings (SSSR count). The quantitative estimate of drug-likeness (QED) is 0.205. The number of rotatable bonds is 10. The van der Waals surface area contributed by atoms with Crippen molar-refractivity contribution in [3.05, 3.63) is 59.2 Å². The van der Waals surface area contributed by atoms with Gasteiger partial charge in [0.25, 0.3) is 5.78 Å². The first-order chi connectivity index (χ1) is 18.8. The first kappa shape index (κ1) is 28.1. The van der Waals surface area contributed by atoms with E-state index in [4.69, 9.17) is 21.1 Å². The molecule has 0 radical (unpaired) electrons. The number of ether oxygens (including phenoxy) is 2. The largest absolute Gasteiger partial charge is 0.494 e. The topological polar surface area (TPSA) is 109 Å². The van der Waals surface area contributed by atoms with Gasteiger partial charge in [0.1, 0.15) is 10.8 Å². The molecule has 206 valence electrons. The molecule has 11 heteroatoms. The summed E-state index contributed by atoms with van der Waals surface area (Å²) in [5.74, 6) is -0.507. The summed E-state index contributed by atoms with van der Waals surface area (Å²) in [6.07, 6.45) is 3.67. The van der Waals surface area contributed by atoms with Gasteiger partial charge in [0.2, 0.25) is 5.95 Å². The number of ketones is 1. The van der Waals surface area contributed by atoms with Gasteiger partial charge in [-0.25, -0.2) is 9.78 Å². The standard InChI is InChI=1S/C28H33ClN6O4/c1-5-39-27(37)25(36)20-8-6-7-9-22(20)31-26-21(29)17-30-28(33-26)32-23-11-10-19(16-24(23)38-4)35-14-12-18(13-15-35)34(2)3/h6-11,16-18H,5,12-15H2,1-4H3,(H2,30,31,32,33). The van der Waals surface area contributed by atoms with Crippen LogP contribution in [-0.4, -0.2) is 73.6 Å². The lowest BCUT2D eigenvalue weighted by Gasteiger charge is -2.36. The van der Waals surface area contributed by atoms with Gasteiger partial charge in [0, 0.05) is 30.9 Å². The number of hydrogen-bond donors (Lipinski definition) is 2. The zero-order valence-corrected chi connectivity index (χ0v) is 23.3. The Morgan fingerprint density at radius 3 is 2.54 bits per heavy atom. The molecule has 1 aromatic heterocycles. The van der Waals surface area contributed by atoms with Crippen molar-refractivity contribution in [1.29, 1.82) is 0 Å². The van der Waals surface area contributed by atoms with E-state index in [0.29, 0.717) is 23.2 Å². The Morgan fingerprint density at radius 1 is 1.10 bits per heavy atom. The van der Waals surface area contributed by atoms with Crippen molar-refractivity contribution in [3.63, 3.8) is 0 Å². The van der Waals surface area contributed by atoms with Gasteiger partial charge >= 0.3 is 5.97 Å². The van der Waals surface area contributed by atoms with Gasteiger partial charge in [-0.15, -0.1) is 0 Å². The molecule has 10 nitrogen and oxygen atoms in total. The maximum Gasteiger partial charge on any atom is 0.379 e. The average Bonchev–Trinajstić information content (AvgIpc) is 2.95. The number of carbonyl (C=O) groups is 2. The molecule has 2 aromatic carbocycles. The third-order valence-electron chi connectivity index (χ3n) is 6.62. The van der Waals surface area contributed by atoms with E-state index in [-0.39, 0.29) is 29.0 Å². The zero-order valence-electron chi connectivity index (χ0n) is 22.5. The van der Waals surface area contributed by atoms with Crippen LogP contribution in [0.5, 0.6) is 5.75 Å². The van der Waals surface area contributed by atoms with E-state index in [1.54, 1.807) is 32.2 Å². The van der Waals surface area contributed by atoms with Gasteiger partial charge in [0.15, 0.2) is 5.82 Å². The Kier molecular flexibility index (Phi) is 9.21. The Labute approximate surface area is 233 Å². The number of aromatic nitrogens is 2. The molecule has 1 fully saturated rings. The van der Waals surface area contributed by atoms with Crippen LogP contribution in [0, 0.1) is 0 Å². The number of benzene rings is 2. The van der Waals surface area contributed by atoms with Crippen molar-refractivity contribution in [1.82, 2.24) is 14.9 Å². The number of nitrogens with zero attached hydrogens (tertiary/aromatic N) is 4. The van der Waals surface area contributed by atoms with Gasteiger partial charge in [0.05, 0.1) is 36.9 Å². The van der Waals surface area contributed by atoms with Crippen molar-refractivity contribution in [2.24, 2.45) is 0 Å². The molecule has 3 aromatic rings. The second kappa shape index (κ2) is 12.8. The van der Waals surface area contributed by atoms with Crippen molar-refractivity contribution < 1.29 is 19.1 Å². The molecule has 0 unspecified atom stereocenters. The van der Waals surface area contributed by atoms with E-state index in [0.717, 1.165) is 31.6 Å². The highest BCUT2D eigenvalue weighted by Crippen LogP contribution is 2.34. The van der Waals surface area contributed by atoms with Gasteiger partial charge in [-0.1, -0.05) is 23.7 Å². The van der Waals surface area contributed by atoms with Crippen LogP contribution in [0.25, 0.3) is 0 Å². The maximum absolute atomic E-state index is 12.6. The molecule has 0 spiro atoms. The second-order valence-corrected chi connectivity index (χ2v) is 9.71. The summed E-state index contributed by atoms with van der Waals surface area (Å²) in [7, 11) is 5.88. The van der Waals surface area contributed by atoms with Crippen LogP contribution < -0.4 is 20.3 Å². The van der Waals surface area contributed by atoms with Crippen molar-refractivity contribution in [2.45, 2.75) is 25.8 Å². The second-order valence-electron chi connectivity index (χ2n) is 9.30. The summed E-state index contributed by atoms with van der Waals surface area (Å²) < 4.78 is 10.5. The lowest BCUT2D eigenvalue weighted by atomic mass is 10.0.